The zero-order valence-corrected chi connectivity index (χ0v) is 8.52. The van der Waals surface area contributed by atoms with Crippen molar-refractivity contribution in [3.8, 4) is 0 Å². The highest BCUT2D eigenvalue weighted by molar-refractivity contribution is 7.80. The van der Waals surface area contributed by atoms with Gasteiger partial charge in [0.1, 0.15) is 0 Å². The molecule has 12 heavy (non-hydrogen) atoms. The number of rotatable bonds is 4. The summed E-state index contributed by atoms with van der Waals surface area (Å²) in [5, 5.41) is 0. The van der Waals surface area contributed by atoms with Gasteiger partial charge in [-0.2, -0.15) is 12.6 Å². The molecular formula is C9H17NOS. The van der Waals surface area contributed by atoms with Gasteiger partial charge >= 0.3 is 0 Å². The highest BCUT2D eigenvalue weighted by Crippen LogP contribution is 2.11. The first-order valence-corrected chi connectivity index (χ1v) is 4.92. The first-order valence-electron chi connectivity index (χ1n) is 4.29. The van der Waals surface area contributed by atoms with E-state index in [4.69, 9.17) is 4.74 Å². The van der Waals surface area contributed by atoms with Crippen molar-refractivity contribution in [2.24, 2.45) is 0 Å². The molecule has 0 N–H and O–H groups in total. The highest BCUT2D eigenvalue weighted by atomic mass is 32.1. The van der Waals surface area contributed by atoms with Gasteiger partial charge < -0.3 is 4.74 Å². The van der Waals surface area contributed by atoms with Crippen LogP contribution in [-0.4, -0.2) is 43.5 Å². The van der Waals surface area contributed by atoms with E-state index >= 15 is 0 Å². The molecule has 1 fully saturated rings. The predicted octanol–water partition coefficient (Wildman–Crippen LogP) is 1.19. The molecule has 0 saturated carbocycles. The van der Waals surface area contributed by atoms with Crippen LogP contribution in [0.2, 0.25) is 0 Å². The second kappa shape index (κ2) is 4.90. The third-order valence-corrected chi connectivity index (χ3v) is 2.67. The van der Waals surface area contributed by atoms with E-state index < -0.39 is 0 Å². The van der Waals surface area contributed by atoms with Gasteiger partial charge in [-0.3, -0.25) is 4.90 Å². The molecule has 70 valence electrons. The molecular weight excluding hydrogens is 170 g/mol. The molecule has 1 aliphatic heterocycles. The number of likely N-dealkylation sites (N-methyl/N-ethyl adjacent to an activating group) is 1. The minimum atomic E-state index is 0.585. The predicted molar refractivity (Wildman–Crippen MR) is 54.8 cm³/mol. The Labute approximate surface area is 80.0 Å². The lowest BCUT2D eigenvalue weighted by Gasteiger charge is -2.23. The first kappa shape index (κ1) is 10.1. The second-order valence-electron chi connectivity index (χ2n) is 3.34. The quantitative estimate of drug-likeness (QED) is 0.524. The molecule has 0 bridgehead atoms. The van der Waals surface area contributed by atoms with Gasteiger partial charge in [0.25, 0.3) is 0 Å². The third-order valence-electron chi connectivity index (χ3n) is 2.23. The van der Waals surface area contributed by atoms with Crippen molar-refractivity contribution < 1.29 is 4.74 Å². The summed E-state index contributed by atoms with van der Waals surface area (Å²) in [6.45, 7) is 6.64. The van der Waals surface area contributed by atoms with Gasteiger partial charge in [0.15, 0.2) is 0 Å². The van der Waals surface area contributed by atoms with Crippen molar-refractivity contribution in [1.29, 1.82) is 0 Å². The van der Waals surface area contributed by atoms with E-state index in [1.165, 1.54) is 5.57 Å². The molecule has 0 aliphatic carbocycles. The van der Waals surface area contributed by atoms with E-state index in [0.717, 1.165) is 31.9 Å². The van der Waals surface area contributed by atoms with Crippen LogP contribution in [0.25, 0.3) is 0 Å². The molecule has 0 spiro atoms. The lowest BCUT2D eigenvalue weighted by molar-refractivity contribution is 0.164. The fourth-order valence-corrected chi connectivity index (χ4v) is 1.50. The van der Waals surface area contributed by atoms with Gasteiger partial charge in [-0.15, -0.1) is 0 Å². The van der Waals surface area contributed by atoms with Crippen molar-refractivity contribution in [2.75, 3.05) is 32.6 Å². The maximum absolute atomic E-state index is 5.30. The molecule has 1 rings (SSSR count). The molecule has 0 radical (unpaired) electrons. The molecule has 1 heterocycles. The minimum absolute atomic E-state index is 0.585. The van der Waals surface area contributed by atoms with E-state index in [2.05, 4.69) is 31.2 Å². The van der Waals surface area contributed by atoms with Crippen LogP contribution in [0.15, 0.2) is 12.2 Å². The number of nitrogens with zero attached hydrogens (tertiary/aromatic N) is 1. The monoisotopic (exact) mass is 187 g/mol. The normalized spacial score (nSPS) is 23.4. The summed E-state index contributed by atoms with van der Waals surface area (Å²) in [5.74, 6) is 0.776. The summed E-state index contributed by atoms with van der Waals surface area (Å²) in [4.78, 5) is 2.30. The van der Waals surface area contributed by atoms with Crippen molar-refractivity contribution in [3.63, 3.8) is 0 Å². The van der Waals surface area contributed by atoms with E-state index in [1.54, 1.807) is 0 Å². The Morgan fingerprint density at radius 1 is 1.75 bits per heavy atom. The van der Waals surface area contributed by atoms with Gasteiger partial charge in [-0.05, 0) is 13.5 Å². The zero-order chi connectivity index (χ0) is 8.97. The van der Waals surface area contributed by atoms with E-state index in [9.17, 15) is 0 Å². The Morgan fingerprint density at radius 3 is 3.00 bits per heavy atom. The Morgan fingerprint density at radius 2 is 2.50 bits per heavy atom. The Kier molecular flexibility index (Phi) is 4.12. The molecule has 1 saturated heterocycles. The molecule has 1 aliphatic rings. The summed E-state index contributed by atoms with van der Waals surface area (Å²) < 4.78 is 5.30. The summed E-state index contributed by atoms with van der Waals surface area (Å²) >= 11 is 4.18. The van der Waals surface area contributed by atoms with Crippen molar-refractivity contribution in [3.05, 3.63) is 12.2 Å². The van der Waals surface area contributed by atoms with E-state index in [-0.39, 0.29) is 0 Å². The SMILES string of the molecule is C=C(CS)CN(C)C1CCOC1. The van der Waals surface area contributed by atoms with Gasteiger partial charge in [-0.25, -0.2) is 0 Å². The van der Waals surface area contributed by atoms with Gasteiger partial charge in [0.05, 0.1) is 6.61 Å². The molecule has 0 aromatic heterocycles. The fourth-order valence-electron chi connectivity index (χ4n) is 1.40. The molecule has 0 aromatic carbocycles. The van der Waals surface area contributed by atoms with Crippen LogP contribution in [0.1, 0.15) is 6.42 Å². The number of thiol groups is 1. The third kappa shape index (κ3) is 2.81. The maximum atomic E-state index is 5.30. The van der Waals surface area contributed by atoms with Crippen LogP contribution < -0.4 is 0 Å². The van der Waals surface area contributed by atoms with Crippen LogP contribution in [-0.2, 0) is 4.74 Å². The van der Waals surface area contributed by atoms with Crippen molar-refractivity contribution in [1.82, 2.24) is 4.90 Å². The number of hydrogen-bond acceptors (Lipinski definition) is 3. The maximum Gasteiger partial charge on any atom is 0.0622 e. The highest BCUT2D eigenvalue weighted by Gasteiger charge is 2.19. The number of hydrogen-bond donors (Lipinski definition) is 1. The van der Waals surface area contributed by atoms with Crippen LogP contribution in [0, 0.1) is 0 Å². The van der Waals surface area contributed by atoms with Gasteiger partial charge in [0.2, 0.25) is 0 Å². The van der Waals surface area contributed by atoms with E-state index in [0.29, 0.717) is 6.04 Å². The molecule has 0 aromatic rings. The molecule has 2 nitrogen and oxygen atoms in total. The largest absolute Gasteiger partial charge is 0.380 e. The minimum Gasteiger partial charge on any atom is -0.380 e. The smallest absolute Gasteiger partial charge is 0.0622 e. The summed E-state index contributed by atoms with van der Waals surface area (Å²) in [6, 6.07) is 0.585. The van der Waals surface area contributed by atoms with Crippen LogP contribution in [0.4, 0.5) is 0 Å². The molecule has 0 amide bonds. The van der Waals surface area contributed by atoms with Crippen molar-refractivity contribution >= 4 is 12.6 Å². The summed E-state index contributed by atoms with van der Waals surface area (Å²) in [5.41, 5.74) is 1.17. The first-order chi connectivity index (χ1) is 5.74. The standard InChI is InChI=1S/C9H17NOS/c1-8(7-12)5-10(2)9-3-4-11-6-9/h9,12H,1,3-7H2,2H3. The van der Waals surface area contributed by atoms with Gasteiger partial charge in [-0.1, -0.05) is 12.2 Å². The van der Waals surface area contributed by atoms with Crippen LogP contribution in [0.5, 0.6) is 0 Å². The molecule has 3 heteroatoms. The second-order valence-corrected chi connectivity index (χ2v) is 3.66. The lowest BCUT2D eigenvalue weighted by atomic mass is 10.2. The van der Waals surface area contributed by atoms with E-state index in [1.807, 2.05) is 0 Å². The zero-order valence-electron chi connectivity index (χ0n) is 7.62. The van der Waals surface area contributed by atoms with Crippen LogP contribution in [0.3, 0.4) is 0 Å². The number of ether oxygens (including phenoxy) is 1. The summed E-state index contributed by atoms with van der Waals surface area (Å²) in [7, 11) is 2.12. The Balaban J connectivity index is 2.26. The van der Waals surface area contributed by atoms with Crippen LogP contribution >= 0.6 is 12.6 Å². The van der Waals surface area contributed by atoms with Gasteiger partial charge in [0, 0.05) is 24.9 Å². The topological polar surface area (TPSA) is 12.5 Å². The fraction of sp³-hybridized carbons (Fsp3) is 0.778. The lowest BCUT2D eigenvalue weighted by Crippen LogP contribution is -2.33. The van der Waals surface area contributed by atoms with Crippen molar-refractivity contribution in [2.45, 2.75) is 12.5 Å². The molecule has 1 atom stereocenters. The summed E-state index contributed by atoms with van der Waals surface area (Å²) in [6.07, 6.45) is 1.15. The Bertz CT molecular complexity index is 155. The molecule has 1 unspecified atom stereocenters. The average molecular weight is 187 g/mol. The average Bonchev–Trinajstić information content (AvgIpc) is 2.56. The Hall–Kier alpha value is 0.01000.